The van der Waals surface area contributed by atoms with Gasteiger partial charge in [0, 0.05) is 0 Å². The number of carbonyl (C=O) groups is 3. The molecule has 0 saturated carbocycles. The normalized spacial score (nSPS) is 11.5. The molecule has 0 radical (unpaired) electrons. The molecular weight excluding hydrogens is 328 g/mol. The largest absolute Gasteiger partial charge is 0.490 e. The van der Waals surface area contributed by atoms with Crippen molar-refractivity contribution in [2.24, 2.45) is 11.7 Å². The molecule has 0 unspecified atom stereocenters. The van der Waals surface area contributed by atoms with Crippen molar-refractivity contribution in [3.8, 4) is 11.5 Å². The first-order valence-electron chi connectivity index (χ1n) is 7.99. The lowest BCUT2D eigenvalue weighted by molar-refractivity contribution is -0.160. The highest BCUT2D eigenvalue weighted by molar-refractivity contribution is 5.96. The zero-order chi connectivity index (χ0) is 18.8. The fourth-order valence-corrected chi connectivity index (χ4v) is 1.90. The van der Waals surface area contributed by atoms with Gasteiger partial charge in [-0.3, -0.25) is 10.1 Å². The molecule has 0 aliphatic carbocycles. The monoisotopic (exact) mass is 352 g/mol. The molecule has 1 aromatic rings. The number of hydrogen-bond donors (Lipinski definition) is 2. The van der Waals surface area contributed by atoms with Crippen LogP contribution in [0.4, 0.5) is 4.79 Å². The van der Waals surface area contributed by atoms with Crippen molar-refractivity contribution in [3.63, 3.8) is 0 Å². The number of ether oxygens (including phenoxy) is 3. The number of urea groups is 1. The van der Waals surface area contributed by atoms with Crippen LogP contribution in [0.2, 0.25) is 0 Å². The summed E-state index contributed by atoms with van der Waals surface area (Å²) in [5, 5.41) is 1.90. The minimum atomic E-state index is -1.14. The van der Waals surface area contributed by atoms with Gasteiger partial charge in [0.2, 0.25) is 0 Å². The molecular formula is C17H24N2O6. The number of rotatable bonds is 9. The van der Waals surface area contributed by atoms with E-state index >= 15 is 0 Å². The maximum absolute atomic E-state index is 12.0. The van der Waals surface area contributed by atoms with E-state index in [2.05, 4.69) is 0 Å². The predicted molar refractivity (Wildman–Crippen MR) is 90.2 cm³/mol. The minimum Gasteiger partial charge on any atom is -0.490 e. The van der Waals surface area contributed by atoms with Gasteiger partial charge in [-0.05, 0) is 24.5 Å². The zero-order valence-electron chi connectivity index (χ0n) is 14.6. The van der Waals surface area contributed by atoms with Crippen molar-refractivity contribution < 1.29 is 28.6 Å². The number of nitrogens with one attached hydrogen (secondary N) is 1. The van der Waals surface area contributed by atoms with Gasteiger partial charge < -0.3 is 19.9 Å². The molecule has 0 heterocycles. The number of primary amides is 1. The van der Waals surface area contributed by atoms with Crippen LogP contribution >= 0.6 is 0 Å². The summed E-state index contributed by atoms with van der Waals surface area (Å²) in [7, 11) is 0. The van der Waals surface area contributed by atoms with Crippen LogP contribution in [0, 0.1) is 5.92 Å². The lowest BCUT2D eigenvalue weighted by atomic mass is 10.1. The number of esters is 1. The van der Waals surface area contributed by atoms with Crippen molar-refractivity contribution in [2.45, 2.75) is 33.3 Å². The van der Waals surface area contributed by atoms with Gasteiger partial charge in [0.25, 0.3) is 5.91 Å². The van der Waals surface area contributed by atoms with Gasteiger partial charge in [0.15, 0.2) is 24.2 Å². The molecule has 138 valence electrons. The van der Waals surface area contributed by atoms with Crippen LogP contribution in [0.5, 0.6) is 11.5 Å². The summed E-state index contributed by atoms with van der Waals surface area (Å²) < 4.78 is 16.0. The zero-order valence-corrected chi connectivity index (χ0v) is 14.6. The molecule has 0 aliphatic rings. The summed E-state index contributed by atoms with van der Waals surface area (Å²) in [6.45, 7) is 5.44. The molecule has 1 aromatic carbocycles. The van der Waals surface area contributed by atoms with Crippen molar-refractivity contribution in [3.05, 3.63) is 24.3 Å². The Labute approximate surface area is 146 Å². The maximum atomic E-state index is 12.0. The smallest absolute Gasteiger partial charge is 0.344 e. The second-order valence-electron chi connectivity index (χ2n) is 5.59. The molecule has 25 heavy (non-hydrogen) atoms. The quantitative estimate of drug-likeness (QED) is 0.652. The third kappa shape index (κ3) is 7.11. The first kappa shape index (κ1) is 20.3. The van der Waals surface area contributed by atoms with Gasteiger partial charge >= 0.3 is 12.0 Å². The molecule has 3 N–H and O–H groups in total. The van der Waals surface area contributed by atoms with Crippen LogP contribution in [0.3, 0.4) is 0 Å². The summed E-state index contributed by atoms with van der Waals surface area (Å²) in [5.74, 6) is -0.950. The minimum absolute atomic E-state index is 0.344. The lowest BCUT2D eigenvalue weighted by Crippen LogP contribution is -2.46. The third-order valence-electron chi connectivity index (χ3n) is 3.03. The highest BCUT2D eigenvalue weighted by atomic mass is 16.6. The van der Waals surface area contributed by atoms with Gasteiger partial charge in [-0.15, -0.1) is 0 Å². The van der Waals surface area contributed by atoms with Crippen LogP contribution in [-0.2, 0) is 14.3 Å². The molecule has 0 saturated heterocycles. The fourth-order valence-electron chi connectivity index (χ4n) is 1.90. The lowest BCUT2D eigenvalue weighted by Gasteiger charge is -2.20. The van der Waals surface area contributed by atoms with Crippen molar-refractivity contribution in [1.82, 2.24) is 5.32 Å². The standard InChI is InChI=1S/C17H24N2O6/c1-4-9-23-12-7-5-6-8-13(12)24-10-14(20)25-15(11(2)3)16(21)19-17(18)22/h5-8,11,15H,4,9-10H2,1-3H3,(H3,18,19,21,22)/t15-/m1/s1. The molecule has 1 rings (SSSR count). The predicted octanol–water partition coefficient (Wildman–Crippen LogP) is 1.62. The van der Waals surface area contributed by atoms with Crippen molar-refractivity contribution in [2.75, 3.05) is 13.2 Å². The number of hydrogen-bond acceptors (Lipinski definition) is 6. The van der Waals surface area contributed by atoms with Crippen LogP contribution in [-0.4, -0.2) is 37.2 Å². The Balaban J connectivity index is 2.64. The molecule has 1 atom stereocenters. The van der Waals surface area contributed by atoms with Gasteiger partial charge in [-0.25, -0.2) is 9.59 Å². The topological polar surface area (TPSA) is 117 Å². The van der Waals surface area contributed by atoms with E-state index in [1.807, 2.05) is 12.2 Å². The van der Waals surface area contributed by atoms with Crippen LogP contribution in [0.1, 0.15) is 27.2 Å². The van der Waals surface area contributed by atoms with Crippen LogP contribution in [0.15, 0.2) is 24.3 Å². The van der Waals surface area contributed by atoms with E-state index in [4.69, 9.17) is 19.9 Å². The number of para-hydroxylation sites is 2. The highest BCUT2D eigenvalue weighted by Crippen LogP contribution is 2.26. The van der Waals surface area contributed by atoms with E-state index < -0.39 is 30.6 Å². The summed E-state index contributed by atoms with van der Waals surface area (Å²) in [6, 6.07) is 5.92. The Morgan fingerprint density at radius 2 is 1.72 bits per heavy atom. The van der Waals surface area contributed by atoms with Crippen molar-refractivity contribution >= 4 is 17.9 Å². The third-order valence-corrected chi connectivity index (χ3v) is 3.03. The Morgan fingerprint density at radius 3 is 2.24 bits per heavy atom. The van der Waals surface area contributed by atoms with Gasteiger partial charge in [0.05, 0.1) is 6.61 Å². The van der Waals surface area contributed by atoms with E-state index in [-0.39, 0.29) is 5.92 Å². The first-order valence-corrected chi connectivity index (χ1v) is 7.99. The second kappa shape index (κ2) is 10.2. The van der Waals surface area contributed by atoms with Crippen LogP contribution < -0.4 is 20.5 Å². The van der Waals surface area contributed by atoms with Gasteiger partial charge in [0.1, 0.15) is 0 Å². The molecule has 8 heteroatoms. The molecule has 3 amide bonds. The van der Waals surface area contributed by atoms with E-state index in [9.17, 15) is 14.4 Å². The van der Waals surface area contributed by atoms with Gasteiger partial charge in [-0.1, -0.05) is 32.9 Å². The Bertz CT molecular complexity index is 603. The van der Waals surface area contributed by atoms with Gasteiger partial charge in [-0.2, -0.15) is 0 Å². The van der Waals surface area contributed by atoms with Crippen molar-refractivity contribution in [1.29, 1.82) is 0 Å². The Morgan fingerprint density at radius 1 is 1.12 bits per heavy atom. The number of benzene rings is 1. The van der Waals surface area contributed by atoms with E-state index in [1.165, 1.54) is 0 Å². The van der Waals surface area contributed by atoms with Crippen LogP contribution in [0.25, 0.3) is 0 Å². The number of nitrogens with two attached hydrogens (primary N) is 1. The molecule has 8 nitrogen and oxygen atoms in total. The Hall–Kier alpha value is -2.77. The number of imide groups is 1. The molecule has 0 bridgehead atoms. The molecule has 0 aliphatic heterocycles. The summed E-state index contributed by atoms with van der Waals surface area (Å²) in [4.78, 5) is 34.6. The number of amides is 3. The average Bonchev–Trinajstić information content (AvgIpc) is 2.55. The average molecular weight is 352 g/mol. The fraction of sp³-hybridized carbons (Fsp3) is 0.471. The molecule has 0 spiro atoms. The van der Waals surface area contributed by atoms with E-state index in [0.29, 0.717) is 18.1 Å². The maximum Gasteiger partial charge on any atom is 0.344 e. The molecule has 0 aromatic heterocycles. The van der Waals surface area contributed by atoms with E-state index in [0.717, 1.165) is 6.42 Å². The SMILES string of the molecule is CCCOc1ccccc1OCC(=O)O[C@@H](C(=O)NC(N)=O)C(C)C. The summed E-state index contributed by atoms with van der Waals surface area (Å²) in [5.41, 5.74) is 4.90. The summed E-state index contributed by atoms with van der Waals surface area (Å²) >= 11 is 0. The first-order chi connectivity index (χ1) is 11.8. The van der Waals surface area contributed by atoms with E-state index in [1.54, 1.807) is 38.1 Å². The molecule has 0 fully saturated rings. The summed E-state index contributed by atoms with van der Waals surface area (Å²) in [6.07, 6.45) is -0.309. The number of carbonyl (C=O) groups excluding carboxylic acids is 3. The Kier molecular flexibility index (Phi) is 8.25. The highest BCUT2D eigenvalue weighted by Gasteiger charge is 2.27. The second-order valence-corrected chi connectivity index (χ2v) is 5.59.